The molecule has 186 valence electrons. The summed E-state index contributed by atoms with van der Waals surface area (Å²) in [6, 6.07) is 17.5. The van der Waals surface area contributed by atoms with E-state index in [1.54, 1.807) is 0 Å². The van der Waals surface area contributed by atoms with E-state index < -0.39 is 0 Å². The van der Waals surface area contributed by atoms with E-state index in [9.17, 15) is 9.59 Å². The minimum Gasteiger partial charge on any atom is -0.306 e. The second-order valence-corrected chi connectivity index (χ2v) is 10.0. The first-order valence-corrected chi connectivity index (χ1v) is 13.1. The van der Waals surface area contributed by atoms with Crippen LogP contribution >= 0.6 is 0 Å². The molecule has 1 aliphatic carbocycles. The number of nitrogens with one attached hydrogen (secondary N) is 1. The van der Waals surface area contributed by atoms with Gasteiger partial charge >= 0.3 is 0 Å². The second kappa shape index (κ2) is 10.7. The van der Waals surface area contributed by atoms with E-state index in [-0.39, 0.29) is 23.7 Å². The van der Waals surface area contributed by atoms with E-state index in [4.69, 9.17) is 0 Å². The fraction of sp³-hybridized carbons (Fsp3) is 0.400. The molecule has 1 saturated heterocycles. The van der Waals surface area contributed by atoms with Gasteiger partial charge in [-0.2, -0.15) is 0 Å². The highest BCUT2D eigenvalue weighted by Gasteiger charge is 2.30. The SMILES string of the molecule is Cc1nc2c(c(NC(=O)c3ccccc3C(C)N3CCC(C(=O)c4ccccc4)CC3)n1)CCCC2. The monoisotopic (exact) mass is 482 g/mol. The van der Waals surface area contributed by atoms with E-state index in [1.807, 2.05) is 61.5 Å². The first-order valence-electron chi connectivity index (χ1n) is 13.1. The van der Waals surface area contributed by atoms with Crippen LogP contribution in [0, 0.1) is 12.8 Å². The van der Waals surface area contributed by atoms with Crippen molar-refractivity contribution in [2.75, 3.05) is 18.4 Å². The van der Waals surface area contributed by atoms with Crippen LogP contribution in [0.3, 0.4) is 0 Å². The number of aryl methyl sites for hydroxylation is 2. The van der Waals surface area contributed by atoms with Gasteiger partial charge in [0.25, 0.3) is 5.91 Å². The predicted molar refractivity (Wildman–Crippen MR) is 141 cm³/mol. The predicted octanol–water partition coefficient (Wildman–Crippen LogP) is 5.57. The zero-order valence-electron chi connectivity index (χ0n) is 21.2. The number of fused-ring (bicyclic) bond motifs is 1. The zero-order chi connectivity index (χ0) is 25.1. The van der Waals surface area contributed by atoms with Crippen molar-refractivity contribution in [1.29, 1.82) is 0 Å². The third-order valence-electron chi connectivity index (χ3n) is 7.69. The molecule has 5 rings (SSSR count). The molecule has 0 saturated carbocycles. The van der Waals surface area contributed by atoms with E-state index in [1.165, 1.54) is 0 Å². The molecule has 0 spiro atoms. The summed E-state index contributed by atoms with van der Waals surface area (Å²) in [5, 5.41) is 3.11. The summed E-state index contributed by atoms with van der Waals surface area (Å²) in [5.74, 6) is 1.52. The number of hydrogen-bond donors (Lipinski definition) is 1. The fourth-order valence-corrected chi connectivity index (χ4v) is 5.65. The molecule has 1 aromatic heterocycles. The average molecular weight is 483 g/mol. The number of carbonyl (C=O) groups excluding carboxylic acids is 2. The lowest BCUT2D eigenvalue weighted by Crippen LogP contribution is -2.38. The molecule has 36 heavy (non-hydrogen) atoms. The van der Waals surface area contributed by atoms with E-state index >= 15 is 0 Å². The minimum atomic E-state index is -0.127. The number of anilines is 1. The summed E-state index contributed by atoms with van der Waals surface area (Å²) in [6.07, 6.45) is 5.73. The number of carbonyl (C=O) groups is 2. The molecule has 1 aliphatic heterocycles. The summed E-state index contributed by atoms with van der Waals surface area (Å²) in [4.78, 5) is 38.0. The van der Waals surface area contributed by atoms with Gasteiger partial charge in [-0.05, 0) is 77.1 Å². The maximum absolute atomic E-state index is 13.5. The van der Waals surface area contributed by atoms with Gasteiger partial charge in [0, 0.05) is 34.3 Å². The van der Waals surface area contributed by atoms with Gasteiger partial charge in [0.15, 0.2) is 5.78 Å². The highest BCUT2D eigenvalue weighted by atomic mass is 16.1. The number of nitrogens with zero attached hydrogens (tertiary/aromatic N) is 3. The number of aromatic nitrogens is 2. The van der Waals surface area contributed by atoms with Crippen molar-refractivity contribution in [1.82, 2.24) is 14.9 Å². The molecule has 2 aliphatic rings. The smallest absolute Gasteiger partial charge is 0.257 e. The molecular formula is C30H34N4O2. The molecule has 0 bridgehead atoms. The van der Waals surface area contributed by atoms with E-state index in [0.29, 0.717) is 17.2 Å². The quantitative estimate of drug-likeness (QED) is 0.465. The Bertz CT molecular complexity index is 1250. The van der Waals surface area contributed by atoms with Gasteiger partial charge in [-0.25, -0.2) is 9.97 Å². The Morgan fingerprint density at radius 2 is 1.64 bits per heavy atom. The number of likely N-dealkylation sites (tertiary alicyclic amines) is 1. The Kier molecular flexibility index (Phi) is 7.23. The minimum absolute atomic E-state index is 0.0570. The molecule has 1 atom stereocenters. The highest BCUT2D eigenvalue weighted by Crippen LogP contribution is 2.31. The van der Waals surface area contributed by atoms with Crippen molar-refractivity contribution < 1.29 is 9.59 Å². The van der Waals surface area contributed by atoms with Gasteiger partial charge < -0.3 is 5.32 Å². The molecule has 1 fully saturated rings. The first-order chi connectivity index (χ1) is 17.5. The van der Waals surface area contributed by atoms with Gasteiger partial charge in [0.1, 0.15) is 11.6 Å². The fourth-order valence-electron chi connectivity index (χ4n) is 5.65. The molecule has 3 aromatic rings. The van der Waals surface area contributed by atoms with Gasteiger partial charge in [-0.1, -0.05) is 48.5 Å². The Balaban J connectivity index is 1.29. The number of piperidine rings is 1. The van der Waals surface area contributed by atoms with Gasteiger partial charge in [-0.3, -0.25) is 14.5 Å². The van der Waals surface area contributed by atoms with Crippen LogP contribution in [0.1, 0.15) is 82.0 Å². The lowest BCUT2D eigenvalue weighted by molar-refractivity contribution is 0.0801. The number of Topliss-reactive ketones (excluding diaryl/α,β-unsaturated/α-hetero) is 1. The second-order valence-electron chi connectivity index (χ2n) is 10.0. The third kappa shape index (κ3) is 5.09. The van der Waals surface area contributed by atoms with Crippen molar-refractivity contribution in [2.45, 2.75) is 58.4 Å². The molecule has 6 heteroatoms. The normalized spacial score (nSPS) is 17.3. The molecule has 1 amide bonds. The van der Waals surface area contributed by atoms with Crippen LogP contribution in [0.25, 0.3) is 0 Å². The van der Waals surface area contributed by atoms with Gasteiger partial charge in [-0.15, -0.1) is 0 Å². The van der Waals surface area contributed by atoms with E-state index in [0.717, 1.165) is 74.0 Å². The zero-order valence-corrected chi connectivity index (χ0v) is 21.2. The Morgan fingerprint density at radius 1 is 0.944 bits per heavy atom. The lowest BCUT2D eigenvalue weighted by Gasteiger charge is -2.36. The number of benzene rings is 2. The average Bonchev–Trinajstić information content (AvgIpc) is 2.92. The van der Waals surface area contributed by atoms with Crippen molar-refractivity contribution in [3.8, 4) is 0 Å². The van der Waals surface area contributed by atoms with Crippen LogP contribution < -0.4 is 5.32 Å². The Labute approximate surface area is 213 Å². The largest absolute Gasteiger partial charge is 0.306 e. The topological polar surface area (TPSA) is 75.2 Å². The lowest BCUT2D eigenvalue weighted by atomic mass is 9.87. The van der Waals surface area contributed by atoms with E-state index in [2.05, 4.69) is 27.1 Å². The molecule has 1 N–H and O–H groups in total. The van der Waals surface area contributed by atoms with Crippen LogP contribution in [0.5, 0.6) is 0 Å². The standard InChI is InChI=1S/C30H34N4O2/c1-20(34-18-16-23(17-19-34)28(35)22-10-4-3-5-11-22)24-12-6-7-13-25(24)30(36)33-29-26-14-8-9-15-27(26)31-21(2)32-29/h3-7,10-13,20,23H,8-9,14-19H2,1-2H3,(H,31,32,33,36). The van der Waals surface area contributed by atoms with Crippen LogP contribution in [0.2, 0.25) is 0 Å². The Hall–Kier alpha value is -3.38. The van der Waals surface area contributed by atoms with Crippen molar-refractivity contribution in [2.24, 2.45) is 5.92 Å². The maximum atomic E-state index is 13.5. The van der Waals surface area contributed by atoms with Crippen molar-refractivity contribution in [3.63, 3.8) is 0 Å². The summed E-state index contributed by atoms with van der Waals surface area (Å²) >= 11 is 0. The summed E-state index contributed by atoms with van der Waals surface area (Å²) in [5.41, 5.74) is 4.62. The first kappa shape index (κ1) is 24.3. The molecule has 2 heterocycles. The molecule has 1 unspecified atom stereocenters. The summed E-state index contributed by atoms with van der Waals surface area (Å²) in [7, 11) is 0. The molecule has 6 nitrogen and oxygen atoms in total. The molecule has 0 radical (unpaired) electrons. The van der Waals surface area contributed by atoms with Crippen LogP contribution in [0.15, 0.2) is 54.6 Å². The number of ketones is 1. The van der Waals surface area contributed by atoms with Gasteiger partial charge in [0.2, 0.25) is 0 Å². The number of amides is 1. The Morgan fingerprint density at radius 3 is 2.42 bits per heavy atom. The summed E-state index contributed by atoms with van der Waals surface area (Å²) in [6.45, 7) is 5.70. The van der Waals surface area contributed by atoms with Crippen molar-refractivity contribution >= 4 is 17.5 Å². The van der Waals surface area contributed by atoms with Crippen molar-refractivity contribution in [3.05, 3.63) is 88.4 Å². The molecule has 2 aromatic carbocycles. The third-order valence-corrected chi connectivity index (χ3v) is 7.69. The maximum Gasteiger partial charge on any atom is 0.257 e. The van der Waals surface area contributed by atoms with Crippen LogP contribution in [-0.2, 0) is 12.8 Å². The molecular weight excluding hydrogens is 448 g/mol. The van der Waals surface area contributed by atoms with Gasteiger partial charge in [0.05, 0.1) is 0 Å². The summed E-state index contributed by atoms with van der Waals surface area (Å²) < 4.78 is 0. The highest BCUT2D eigenvalue weighted by molar-refractivity contribution is 6.05. The van der Waals surface area contributed by atoms with Crippen LogP contribution in [-0.4, -0.2) is 39.6 Å². The number of hydrogen-bond acceptors (Lipinski definition) is 5. The van der Waals surface area contributed by atoms with Crippen LogP contribution in [0.4, 0.5) is 5.82 Å². The number of rotatable bonds is 6.